The molecule has 0 unspecified atom stereocenters. The highest BCUT2D eigenvalue weighted by molar-refractivity contribution is 7.92. The number of carbonyl (C=O) groups excluding carboxylic acids is 2. The van der Waals surface area contributed by atoms with Crippen LogP contribution < -0.4 is 9.62 Å². The molecule has 1 atom stereocenters. The summed E-state index contributed by atoms with van der Waals surface area (Å²) in [4.78, 5) is 27.0. The van der Waals surface area contributed by atoms with Crippen LogP contribution in [0.1, 0.15) is 36.5 Å². The van der Waals surface area contributed by atoms with Crippen molar-refractivity contribution in [3.05, 3.63) is 64.2 Å². The lowest BCUT2D eigenvalue weighted by molar-refractivity contribution is -0.140. The molecule has 2 aromatic rings. The molecule has 0 saturated carbocycles. The molecule has 1 N–H and O–H groups in total. The van der Waals surface area contributed by atoms with Crippen molar-refractivity contribution in [3.8, 4) is 0 Å². The van der Waals surface area contributed by atoms with Gasteiger partial charge in [0.2, 0.25) is 21.8 Å². The summed E-state index contributed by atoms with van der Waals surface area (Å²) in [6.07, 6.45) is 1.52. The van der Waals surface area contributed by atoms with E-state index in [4.69, 9.17) is 11.6 Å². The second kappa shape index (κ2) is 11.5. The van der Waals surface area contributed by atoms with E-state index in [1.165, 1.54) is 16.3 Å². The summed E-state index contributed by atoms with van der Waals surface area (Å²) < 4.78 is 26.2. The van der Waals surface area contributed by atoms with Crippen LogP contribution in [0.15, 0.2) is 42.5 Å². The van der Waals surface area contributed by atoms with E-state index < -0.39 is 16.1 Å². The normalized spacial score (nSPS) is 12.2. The van der Waals surface area contributed by atoms with Gasteiger partial charge in [-0.05, 0) is 56.0 Å². The van der Waals surface area contributed by atoms with Gasteiger partial charge in [0, 0.05) is 31.6 Å². The number of aryl methyl sites for hydroxylation is 2. The van der Waals surface area contributed by atoms with Crippen molar-refractivity contribution in [2.45, 2.75) is 46.2 Å². The zero-order valence-electron chi connectivity index (χ0n) is 19.8. The number of anilines is 1. The van der Waals surface area contributed by atoms with E-state index in [1.807, 2.05) is 38.1 Å². The largest absolute Gasteiger partial charge is 0.357 e. The molecule has 2 rings (SSSR count). The zero-order valence-corrected chi connectivity index (χ0v) is 21.3. The van der Waals surface area contributed by atoms with Crippen LogP contribution in [0.3, 0.4) is 0 Å². The smallest absolute Gasteiger partial charge is 0.242 e. The highest BCUT2D eigenvalue weighted by atomic mass is 35.5. The second-order valence-corrected chi connectivity index (χ2v) is 10.5. The number of hydrogen-bond acceptors (Lipinski definition) is 4. The zero-order chi connectivity index (χ0) is 24.8. The Kier molecular flexibility index (Phi) is 9.31. The molecule has 0 bridgehead atoms. The number of amides is 2. The minimum absolute atomic E-state index is 0.0961. The quantitative estimate of drug-likeness (QED) is 0.547. The van der Waals surface area contributed by atoms with Crippen LogP contribution in [-0.4, -0.2) is 51.0 Å². The highest BCUT2D eigenvalue weighted by Crippen LogP contribution is 2.27. The molecule has 0 fully saturated rings. The third kappa shape index (κ3) is 7.20. The topological polar surface area (TPSA) is 86.8 Å². The molecule has 2 aromatic carbocycles. The van der Waals surface area contributed by atoms with Crippen molar-refractivity contribution in [1.29, 1.82) is 0 Å². The van der Waals surface area contributed by atoms with Gasteiger partial charge >= 0.3 is 0 Å². The lowest BCUT2D eigenvalue weighted by Gasteiger charge is -2.29. The van der Waals surface area contributed by atoms with Gasteiger partial charge in [0.1, 0.15) is 6.04 Å². The van der Waals surface area contributed by atoms with E-state index in [2.05, 4.69) is 5.32 Å². The summed E-state index contributed by atoms with van der Waals surface area (Å²) >= 11 is 6.08. The second-order valence-electron chi connectivity index (χ2n) is 8.11. The first-order valence-electron chi connectivity index (χ1n) is 10.7. The molecule has 7 nitrogen and oxygen atoms in total. The van der Waals surface area contributed by atoms with Gasteiger partial charge in [0.15, 0.2) is 0 Å². The van der Waals surface area contributed by atoms with Gasteiger partial charge in [-0.3, -0.25) is 13.9 Å². The van der Waals surface area contributed by atoms with Crippen LogP contribution in [0, 0.1) is 13.8 Å². The maximum atomic E-state index is 13.2. The van der Waals surface area contributed by atoms with Gasteiger partial charge < -0.3 is 10.2 Å². The number of sulfonamides is 1. The molecule has 0 spiro atoms. The van der Waals surface area contributed by atoms with Gasteiger partial charge in [-0.2, -0.15) is 0 Å². The van der Waals surface area contributed by atoms with Crippen LogP contribution in [0.25, 0.3) is 0 Å². The van der Waals surface area contributed by atoms with E-state index in [9.17, 15) is 18.0 Å². The van der Waals surface area contributed by atoms with E-state index >= 15 is 0 Å². The number of carbonyl (C=O) groups is 2. The fraction of sp³-hybridized carbons (Fsp3) is 0.417. The number of rotatable bonds is 10. The van der Waals surface area contributed by atoms with Crippen molar-refractivity contribution >= 4 is 39.1 Å². The highest BCUT2D eigenvalue weighted by Gasteiger charge is 2.26. The predicted octanol–water partition coefficient (Wildman–Crippen LogP) is 3.67. The molecule has 0 heterocycles. The van der Waals surface area contributed by atoms with E-state index in [0.717, 1.165) is 22.9 Å². The van der Waals surface area contributed by atoms with Crippen molar-refractivity contribution in [3.63, 3.8) is 0 Å². The van der Waals surface area contributed by atoms with E-state index in [0.29, 0.717) is 23.7 Å². The number of hydrogen-bond donors (Lipinski definition) is 1. The summed E-state index contributed by atoms with van der Waals surface area (Å²) in [5, 5.41) is 3.03. The average Bonchev–Trinajstić information content (AvgIpc) is 2.76. The van der Waals surface area contributed by atoms with Crippen molar-refractivity contribution in [2.24, 2.45) is 0 Å². The van der Waals surface area contributed by atoms with Gasteiger partial charge in [-0.25, -0.2) is 8.42 Å². The average molecular weight is 494 g/mol. The number of nitrogens with zero attached hydrogens (tertiary/aromatic N) is 2. The first-order valence-corrected chi connectivity index (χ1v) is 13.0. The van der Waals surface area contributed by atoms with Crippen molar-refractivity contribution in [1.82, 2.24) is 10.2 Å². The third-order valence-electron chi connectivity index (χ3n) is 5.61. The van der Waals surface area contributed by atoms with Gasteiger partial charge in [0.25, 0.3) is 0 Å². The fourth-order valence-corrected chi connectivity index (χ4v) is 4.78. The Bertz CT molecular complexity index is 1100. The van der Waals surface area contributed by atoms with E-state index in [1.54, 1.807) is 25.1 Å². The van der Waals surface area contributed by atoms with Crippen LogP contribution in [0.5, 0.6) is 0 Å². The van der Waals surface area contributed by atoms with Gasteiger partial charge in [-0.15, -0.1) is 0 Å². The lowest BCUT2D eigenvalue weighted by atomic mass is 10.1. The Morgan fingerprint density at radius 2 is 1.76 bits per heavy atom. The Morgan fingerprint density at radius 1 is 1.09 bits per heavy atom. The van der Waals surface area contributed by atoms with E-state index in [-0.39, 0.29) is 24.8 Å². The van der Waals surface area contributed by atoms with Crippen LogP contribution in [0.2, 0.25) is 5.02 Å². The van der Waals surface area contributed by atoms with Crippen LogP contribution >= 0.6 is 11.6 Å². The summed E-state index contributed by atoms with van der Waals surface area (Å²) in [7, 11) is -2.04. The molecule has 180 valence electrons. The van der Waals surface area contributed by atoms with Gasteiger partial charge in [0.05, 0.1) is 11.9 Å². The number of nitrogens with one attached hydrogen (secondary N) is 1. The maximum absolute atomic E-state index is 13.2. The number of likely N-dealkylation sites (N-methyl/N-ethyl adjacent to an activating group) is 1. The first kappa shape index (κ1) is 26.7. The molecule has 0 aliphatic heterocycles. The maximum Gasteiger partial charge on any atom is 0.242 e. The molecule has 0 aliphatic rings. The molecular weight excluding hydrogens is 462 g/mol. The summed E-state index contributed by atoms with van der Waals surface area (Å²) in [6, 6.07) is 12.1. The molecule has 0 aromatic heterocycles. The molecular formula is C24H32ClN3O4S. The molecule has 0 aliphatic carbocycles. The Balaban J connectivity index is 2.19. The molecule has 9 heteroatoms. The van der Waals surface area contributed by atoms with Crippen molar-refractivity contribution < 1.29 is 18.0 Å². The van der Waals surface area contributed by atoms with Crippen LogP contribution in [-0.2, 0) is 26.2 Å². The minimum Gasteiger partial charge on any atom is -0.357 e. The number of benzene rings is 2. The summed E-state index contributed by atoms with van der Waals surface area (Å²) in [6.45, 7) is 5.87. The molecule has 0 radical (unpaired) electrons. The molecule has 2 amide bonds. The molecule has 0 saturated heterocycles. The van der Waals surface area contributed by atoms with Gasteiger partial charge in [-0.1, -0.05) is 41.9 Å². The third-order valence-corrected chi connectivity index (χ3v) is 7.02. The Labute approximate surface area is 201 Å². The first-order chi connectivity index (χ1) is 15.5. The summed E-state index contributed by atoms with van der Waals surface area (Å²) in [5.41, 5.74) is 3.24. The Hall–Kier alpha value is -2.58. The SMILES string of the molecule is CNC(=O)[C@H](C)N(Cc1ccccc1C)C(=O)CCCN(c1cc(Cl)ccc1C)S(C)(=O)=O. The van der Waals surface area contributed by atoms with Crippen molar-refractivity contribution in [2.75, 3.05) is 24.2 Å². The summed E-state index contributed by atoms with van der Waals surface area (Å²) in [5.74, 6) is -0.477. The standard InChI is InChI=1S/C24H32ClN3O4S/c1-17-9-6-7-10-20(17)16-27(19(3)24(30)26-4)23(29)11-8-14-28(33(5,31)32)22-15-21(25)13-12-18(22)2/h6-7,9-10,12-13,15,19H,8,11,14,16H2,1-5H3,(H,26,30)/t19-/m0/s1. The number of halogens is 1. The monoisotopic (exact) mass is 493 g/mol. The molecule has 33 heavy (non-hydrogen) atoms. The fourth-order valence-electron chi connectivity index (χ4n) is 3.60. The Morgan fingerprint density at radius 3 is 2.36 bits per heavy atom. The minimum atomic E-state index is -3.58. The lowest BCUT2D eigenvalue weighted by Crippen LogP contribution is -2.47. The predicted molar refractivity (Wildman–Crippen MR) is 133 cm³/mol. The van der Waals surface area contributed by atoms with Crippen LogP contribution in [0.4, 0.5) is 5.69 Å².